The van der Waals surface area contributed by atoms with Gasteiger partial charge in [-0.3, -0.25) is 24.0 Å². The molecule has 6 rings (SSSR count). The van der Waals surface area contributed by atoms with Gasteiger partial charge in [0, 0.05) is 43.8 Å². The Morgan fingerprint density at radius 3 is 2.38 bits per heavy atom. The second-order valence-electron chi connectivity index (χ2n) is 13.4. The smallest absolute Gasteiger partial charge is 0.292 e. The summed E-state index contributed by atoms with van der Waals surface area (Å²) in [5, 5.41) is 11.3. The van der Waals surface area contributed by atoms with E-state index in [1.54, 1.807) is 57.2 Å². The molecule has 0 radical (unpaired) electrons. The third-order valence-corrected chi connectivity index (χ3v) is 9.19. The minimum Gasteiger partial charge on any atom is -0.496 e. The highest BCUT2D eigenvalue weighted by atomic mass is 16.5. The Hall–Kier alpha value is -6.38. The Balaban J connectivity index is 1.41. The summed E-state index contributed by atoms with van der Waals surface area (Å²) in [6.45, 7) is 4.92. The molecule has 0 aliphatic carbocycles. The van der Waals surface area contributed by atoms with Gasteiger partial charge in [0.15, 0.2) is 17.4 Å². The number of methoxy groups -OCH3 is 2. The maximum absolute atomic E-state index is 13.7. The minimum absolute atomic E-state index is 0.0103. The van der Waals surface area contributed by atoms with Crippen molar-refractivity contribution in [2.75, 3.05) is 33.9 Å². The van der Waals surface area contributed by atoms with Gasteiger partial charge in [-0.15, -0.1) is 0 Å². The number of oxazole rings is 1. The largest absolute Gasteiger partial charge is 0.496 e. The van der Waals surface area contributed by atoms with Crippen molar-refractivity contribution < 1.29 is 42.6 Å². The van der Waals surface area contributed by atoms with E-state index in [1.807, 2.05) is 30.3 Å². The average Bonchev–Trinajstić information content (AvgIpc) is 3.54. The van der Waals surface area contributed by atoms with Crippen LogP contribution in [0.15, 0.2) is 71.1 Å². The van der Waals surface area contributed by atoms with E-state index in [4.69, 9.17) is 18.6 Å². The summed E-state index contributed by atoms with van der Waals surface area (Å²) >= 11 is 0. The first kappa shape index (κ1) is 40.8. The van der Waals surface area contributed by atoms with Gasteiger partial charge in [-0.1, -0.05) is 30.3 Å². The molecule has 56 heavy (non-hydrogen) atoms. The van der Waals surface area contributed by atoms with Gasteiger partial charge in [0.25, 0.3) is 11.8 Å². The minimum atomic E-state index is -1.03. The lowest BCUT2D eigenvalue weighted by atomic mass is 10.0. The molecule has 4 N–H and O–H groups in total. The number of aromatic nitrogens is 1. The van der Waals surface area contributed by atoms with Crippen LogP contribution in [-0.4, -0.2) is 85.4 Å². The zero-order valence-electron chi connectivity index (χ0n) is 32.2. The fraction of sp³-hybridized carbons (Fsp3) is 0.366. The summed E-state index contributed by atoms with van der Waals surface area (Å²) < 4.78 is 22.8. The van der Waals surface area contributed by atoms with Gasteiger partial charge in [-0.2, -0.15) is 0 Å². The van der Waals surface area contributed by atoms with Gasteiger partial charge in [0.05, 0.1) is 26.5 Å². The lowest BCUT2D eigenvalue weighted by molar-refractivity contribution is -0.132. The number of hydrogen-bond donors (Lipinski definition) is 4. The number of ether oxygens (including phenoxy) is 3. The summed E-state index contributed by atoms with van der Waals surface area (Å²) in [7, 11) is 2.98. The van der Waals surface area contributed by atoms with Crippen molar-refractivity contribution in [2.24, 2.45) is 0 Å². The van der Waals surface area contributed by atoms with Crippen LogP contribution in [0, 0.1) is 13.8 Å². The lowest BCUT2D eigenvalue weighted by Crippen LogP contribution is -2.54. The normalized spacial score (nSPS) is 17.6. The van der Waals surface area contributed by atoms with Crippen LogP contribution in [0.2, 0.25) is 0 Å². The Morgan fingerprint density at radius 1 is 0.893 bits per heavy atom. The van der Waals surface area contributed by atoms with Crippen molar-refractivity contribution in [2.45, 2.75) is 65.1 Å². The van der Waals surface area contributed by atoms with Gasteiger partial charge in [0.2, 0.25) is 23.5 Å². The zero-order chi connectivity index (χ0) is 40.2. The Morgan fingerprint density at radius 2 is 1.66 bits per heavy atom. The third kappa shape index (κ3) is 10.9. The molecule has 0 saturated carbocycles. The first-order valence-electron chi connectivity index (χ1n) is 18.4. The number of carbonyl (C=O) groups is 5. The predicted octanol–water partition coefficient (Wildman–Crippen LogP) is 4.01. The first-order chi connectivity index (χ1) is 26.9. The highest BCUT2D eigenvalue weighted by Gasteiger charge is 2.28. The molecule has 3 aromatic carbocycles. The van der Waals surface area contributed by atoms with Crippen LogP contribution in [-0.2, 0) is 27.3 Å². The summed E-state index contributed by atoms with van der Waals surface area (Å²) in [5.41, 5.74) is 2.31. The van der Waals surface area contributed by atoms with Crippen molar-refractivity contribution in [3.8, 4) is 23.0 Å². The number of hydrogen-bond acceptors (Lipinski definition) is 10. The van der Waals surface area contributed by atoms with E-state index in [1.165, 1.54) is 19.1 Å². The summed E-state index contributed by atoms with van der Waals surface area (Å²) in [6.07, 6.45) is 1.58. The van der Waals surface area contributed by atoms with Crippen LogP contribution in [0.1, 0.15) is 69.8 Å². The molecule has 4 bridgehead atoms. The number of amides is 5. The fourth-order valence-corrected chi connectivity index (χ4v) is 6.17. The first-order valence-corrected chi connectivity index (χ1v) is 18.4. The van der Waals surface area contributed by atoms with Crippen LogP contribution in [0.5, 0.6) is 23.0 Å². The van der Waals surface area contributed by atoms with Crippen molar-refractivity contribution in [3.63, 3.8) is 0 Å². The van der Waals surface area contributed by atoms with Crippen LogP contribution in [0.25, 0.3) is 0 Å². The molecule has 3 heterocycles. The topological polar surface area (TPSA) is 190 Å². The van der Waals surface area contributed by atoms with Crippen LogP contribution >= 0.6 is 0 Å². The van der Waals surface area contributed by atoms with Gasteiger partial charge in [-0.25, -0.2) is 4.98 Å². The van der Waals surface area contributed by atoms with Crippen LogP contribution in [0.4, 0.5) is 0 Å². The van der Waals surface area contributed by atoms with Gasteiger partial charge < -0.3 is 44.8 Å². The van der Waals surface area contributed by atoms with E-state index >= 15 is 0 Å². The molecular weight excluding hydrogens is 720 g/mol. The molecule has 0 unspecified atom stereocenters. The molecule has 1 aromatic heterocycles. The SMILES string of the molecule is COc1cc2ccc1CNC(=O)[C@H](C)NC(=O)[C@H](CCc1ccccc1)NC(=O)CN(C(=O)c1oc(C)nc1C)CCCCNC(=O)c1ccc(OC)c(c1)O2. The van der Waals surface area contributed by atoms with E-state index in [0.29, 0.717) is 65.0 Å². The lowest BCUT2D eigenvalue weighted by Gasteiger charge is -2.25. The number of nitrogens with one attached hydrogen (secondary N) is 4. The van der Waals surface area contributed by atoms with E-state index in [-0.39, 0.29) is 44.3 Å². The number of fused-ring (bicyclic) bond motifs is 18. The van der Waals surface area contributed by atoms with Crippen molar-refractivity contribution in [1.82, 2.24) is 31.2 Å². The molecule has 0 saturated heterocycles. The molecule has 15 heteroatoms. The van der Waals surface area contributed by atoms with Gasteiger partial charge in [0.1, 0.15) is 23.6 Å². The number of rotatable bonds is 6. The Bertz CT molecular complexity index is 2030. The maximum atomic E-state index is 13.7. The quantitative estimate of drug-likeness (QED) is 0.209. The van der Waals surface area contributed by atoms with Crippen molar-refractivity contribution >= 4 is 29.5 Å². The Kier molecular flexibility index (Phi) is 14.0. The fourth-order valence-electron chi connectivity index (χ4n) is 6.17. The number of nitrogens with zero attached hydrogens (tertiary/aromatic N) is 2. The molecule has 0 spiro atoms. The number of benzene rings is 3. The molecule has 2 aliphatic heterocycles. The van der Waals surface area contributed by atoms with E-state index in [0.717, 1.165) is 5.56 Å². The molecule has 5 amide bonds. The number of carbonyl (C=O) groups excluding carboxylic acids is 5. The molecule has 4 aromatic rings. The summed E-state index contributed by atoms with van der Waals surface area (Å²) in [4.78, 5) is 73.1. The zero-order valence-corrected chi connectivity index (χ0v) is 32.2. The highest BCUT2D eigenvalue weighted by molar-refractivity contribution is 5.97. The molecule has 296 valence electrons. The maximum Gasteiger partial charge on any atom is 0.292 e. The molecule has 2 atom stereocenters. The Labute approximate surface area is 325 Å². The monoisotopic (exact) mass is 768 g/mol. The highest BCUT2D eigenvalue weighted by Crippen LogP contribution is 2.35. The van der Waals surface area contributed by atoms with Crippen molar-refractivity contribution in [1.29, 1.82) is 0 Å². The molecular formula is C41H48N6O9. The summed E-state index contributed by atoms with van der Waals surface area (Å²) in [5.74, 6) is -0.638. The average molecular weight is 769 g/mol. The number of aryl methyl sites for hydroxylation is 3. The molecule has 0 fully saturated rings. The van der Waals surface area contributed by atoms with Crippen LogP contribution < -0.4 is 35.5 Å². The molecule has 15 nitrogen and oxygen atoms in total. The molecule has 2 aliphatic rings. The standard InChI is InChI=1S/C41H48N6O9/c1-25-37(55-27(3)44-25)41(52)47-20-10-9-19-42-39(50)29-15-18-33(53-4)35(21-29)56-31-16-14-30(34(22-31)54-5)23-43-38(49)26(2)45-40(51)32(46-36(48)24-47)17-13-28-11-7-6-8-12-28/h6-8,11-12,14-16,18,21-22,26,32H,9-10,13,17,19-20,23-24H2,1-5H3,(H,42,50)(H,43,49)(H,45,51)(H,46,48)/t26-,32-/m0/s1. The predicted molar refractivity (Wildman–Crippen MR) is 206 cm³/mol. The van der Waals surface area contributed by atoms with Gasteiger partial charge >= 0.3 is 0 Å². The van der Waals surface area contributed by atoms with Crippen molar-refractivity contribution in [3.05, 3.63) is 101 Å². The summed E-state index contributed by atoms with van der Waals surface area (Å²) in [6, 6.07) is 17.4. The second-order valence-corrected chi connectivity index (χ2v) is 13.4. The van der Waals surface area contributed by atoms with E-state index in [2.05, 4.69) is 26.3 Å². The van der Waals surface area contributed by atoms with Gasteiger partial charge in [-0.05, 0) is 75.4 Å². The van der Waals surface area contributed by atoms with E-state index in [9.17, 15) is 24.0 Å². The third-order valence-electron chi connectivity index (χ3n) is 9.19. The second kappa shape index (κ2) is 19.3. The van der Waals surface area contributed by atoms with E-state index < -0.39 is 35.7 Å². The van der Waals surface area contributed by atoms with Crippen LogP contribution in [0.3, 0.4) is 0 Å².